The summed E-state index contributed by atoms with van der Waals surface area (Å²) >= 11 is 0. The van der Waals surface area contributed by atoms with Crippen molar-refractivity contribution in [3.05, 3.63) is 34.4 Å². The van der Waals surface area contributed by atoms with E-state index in [1.807, 2.05) is 0 Å². The Labute approximate surface area is 66.2 Å². The molecule has 1 aromatic rings. The third-order valence-electron chi connectivity index (χ3n) is 2.29. The van der Waals surface area contributed by atoms with Crippen molar-refractivity contribution in [3.8, 4) is 0 Å². The smallest absolute Gasteiger partial charge is 0.0184 e. The number of fused-ring (bicyclic) bond motifs is 1. The lowest BCUT2D eigenvalue weighted by atomic mass is 10.1. The zero-order valence-electron chi connectivity index (χ0n) is 6.43. The largest absolute Gasteiger partial charge is 0.326 e. The van der Waals surface area contributed by atoms with Gasteiger partial charge in [0.2, 0.25) is 0 Å². The number of benzene rings is 1. The van der Waals surface area contributed by atoms with Crippen molar-refractivity contribution in [2.45, 2.75) is 19.5 Å². The topological polar surface area (TPSA) is 52.0 Å². The minimum Gasteiger partial charge on any atom is -0.326 e. The van der Waals surface area contributed by atoms with Crippen LogP contribution >= 0.6 is 0 Å². The van der Waals surface area contributed by atoms with Crippen molar-refractivity contribution in [1.29, 1.82) is 0 Å². The summed E-state index contributed by atoms with van der Waals surface area (Å²) in [6, 6.07) is 4.24. The van der Waals surface area contributed by atoms with Gasteiger partial charge in [0.15, 0.2) is 0 Å². The van der Waals surface area contributed by atoms with Crippen LogP contribution in [0.2, 0.25) is 0 Å². The Kier molecular flexibility index (Phi) is 1.44. The van der Waals surface area contributed by atoms with Crippen LogP contribution in [0.3, 0.4) is 0 Å². The molecule has 0 saturated heterocycles. The summed E-state index contributed by atoms with van der Waals surface area (Å²) in [5.74, 6) is 0. The predicted octanol–water partition coefficient (Wildman–Crippen LogP) is 0.508. The molecule has 1 aromatic carbocycles. The van der Waals surface area contributed by atoms with Crippen molar-refractivity contribution in [1.82, 2.24) is 0 Å². The predicted molar refractivity (Wildman–Crippen MR) is 45.0 cm³/mol. The quantitative estimate of drug-likeness (QED) is 0.652. The summed E-state index contributed by atoms with van der Waals surface area (Å²) in [4.78, 5) is 0. The van der Waals surface area contributed by atoms with Gasteiger partial charge in [-0.2, -0.15) is 0 Å². The van der Waals surface area contributed by atoms with Gasteiger partial charge in [0, 0.05) is 13.1 Å². The van der Waals surface area contributed by atoms with Crippen LogP contribution in [-0.2, 0) is 19.5 Å². The average Bonchev–Trinajstić information content (AvgIpc) is 2.80. The molecule has 58 valence electrons. The second-order valence-corrected chi connectivity index (χ2v) is 2.93. The molecule has 0 atom stereocenters. The van der Waals surface area contributed by atoms with Gasteiger partial charge in [-0.05, 0) is 28.7 Å². The van der Waals surface area contributed by atoms with Crippen molar-refractivity contribution in [3.63, 3.8) is 0 Å². The second-order valence-electron chi connectivity index (χ2n) is 2.93. The van der Waals surface area contributed by atoms with E-state index in [4.69, 9.17) is 11.5 Å². The monoisotopic (exact) mass is 148 g/mol. The highest BCUT2D eigenvalue weighted by Crippen LogP contribution is 2.33. The van der Waals surface area contributed by atoms with Gasteiger partial charge in [-0.15, -0.1) is 0 Å². The third kappa shape index (κ3) is 0.951. The van der Waals surface area contributed by atoms with E-state index in [2.05, 4.69) is 12.1 Å². The van der Waals surface area contributed by atoms with Gasteiger partial charge >= 0.3 is 0 Å². The zero-order valence-corrected chi connectivity index (χ0v) is 6.43. The van der Waals surface area contributed by atoms with Gasteiger partial charge in [-0.25, -0.2) is 0 Å². The molecular formula is C9H12N2. The van der Waals surface area contributed by atoms with Crippen molar-refractivity contribution < 1.29 is 0 Å². The van der Waals surface area contributed by atoms with Crippen LogP contribution in [0.1, 0.15) is 22.3 Å². The van der Waals surface area contributed by atoms with Crippen molar-refractivity contribution in [2.75, 3.05) is 0 Å². The normalized spacial score (nSPS) is 12.9. The molecule has 0 fully saturated rings. The van der Waals surface area contributed by atoms with Crippen molar-refractivity contribution in [2.24, 2.45) is 11.5 Å². The SMILES string of the molecule is NCc1ccc2c(c1CN)C2. The molecule has 0 bridgehead atoms. The number of rotatable bonds is 2. The Bertz CT molecular complexity index is 292. The molecule has 0 aliphatic heterocycles. The highest BCUT2D eigenvalue weighted by atomic mass is 14.6. The third-order valence-corrected chi connectivity index (χ3v) is 2.29. The molecule has 0 saturated carbocycles. The molecule has 0 amide bonds. The van der Waals surface area contributed by atoms with E-state index in [1.54, 1.807) is 0 Å². The van der Waals surface area contributed by atoms with Crippen LogP contribution in [0.25, 0.3) is 0 Å². The molecule has 0 unspecified atom stereocenters. The summed E-state index contributed by atoms with van der Waals surface area (Å²) in [6.07, 6.45) is 1.13. The lowest BCUT2D eigenvalue weighted by Crippen LogP contribution is -2.05. The standard InChI is InChI=1S/C9H12N2/c10-4-7-2-1-6-3-8(6)9(7)5-11/h1-2H,3-5,10-11H2. The Morgan fingerprint density at radius 2 is 2.00 bits per heavy atom. The highest BCUT2D eigenvalue weighted by molar-refractivity contribution is 5.53. The minimum atomic E-state index is 0.611. The van der Waals surface area contributed by atoms with Gasteiger partial charge in [-0.1, -0.05) is 12.1 Å². The fraction of sp³-hybridized carbons (Fsp3) is 0.333. The fourth-order valence-corrected chi connectivity index (χ4v) is 1.55. The van der Waals surface area contributed by atoms with Gasteiger partial charge in [0.1, 0.15) is 0 Å². The molecule has 2 nitrogen and oxygen atoms in total. The van der Waals surface area contributed by atoms with Gasteiger partial charge in [-0.3, -0.25) is 0 Å². The average molecular weight is 148 g/mol. The first-order valence-corrected chi connectivity index (χ1v) is 3.89. The van der Waals surface area contributed by atoms with E-state index in [-0.39, 0.29) is 0 Å². The molecule has 0 radical (unpaired) electrons. The lowest BCUT2D eigenvalue weighted by Gasteiger charge is -2.02. The molecule has 0 aromatic heterocycles. The van der Waals surface area contributed by atoms with E-state index < -0.39 is 0 Å². The molecular weight excluding hydrogens is 136 g/mol. The van der Waals surface area contributed by atoms with Crippen molar-refractivity contribution >= 4 is 0 Å². The fourth-order valence-electron chi connectivity index (χ4n) is 1.55. The maximum atomic E-state index is 5.60. The van der Waals surface area contributed by atoms with E-state index >= 15 is 0 Å². The van der Waals surface area contributed by atoms with E-state index in [0.29, 0.717) is 13.1 Å². The number of hydrogen-bond donors (Lipinski definition) is 2. The Balaban J connectivity index is 2.49. The van der Waals surface area contributed by atoms with Crippen LogP contribution in [0, 0.1) is 0 Å². The van der Waals surface area contributed by atoms with E-state index in [0.717, 1.165) is 6.42 Å². The van der Waals surface area contributed by atoms with E-state index in [1.165, 1.54) is 22.3 Å². The molecule has 0 spiro atoms. The zero-order chi connectivity index (χ0) is 7.84. The van der Waals surface area contributed by atoms with Gasteiger partial charge in [0.05, 0.1) is 0 Å². The van der Waals surface area contributed by atoms with E-state index in [9.17, 15) is 0 Å². The molecule has 11 heavy (non-hydrogen) atoms. The first kappa shape index (κ1) is 6.83. The summed E-state index contributed by atoms with van der Waals surface area (Å²) in [7, 11) is 0. The van der Waals surface area contributed by atoms with Gasteiger partial charge in [0.25, 0.3) is 0 Å². The summed E-state index contributed by atoms with van der Waals surface area (Å²) in [5, 5.41) is 0. The molecule has 4 N–H and O–H groups in total. The maximum Gasteiger partial charge on any atom is 0.0184 e. The minimum absolute atomic E-state index is 0.611. The first-order valence-electron chi connectivity index (χ1n) is 3.89. The Morgan fingerprint density at radius 3 is 2.64 bits per heavy atom. The molecule has 1 aliphatic rings. The first-order chi connectivity index (χ1) is 5.36. The lowest BCUT2D eigenvalue weighted by molar-refractivity contribution is 0.979. The van der Waals surface area contributed by atoms with Gasteiger partial charge < -0.3 is 11.5 Å². The Morgan fingerprint density at radius 1 is 1.18 bits per heavy atom. The maximum absolute atomic E-state index is 5.60. The summed E-state index contributed by atoms with van der Waals surface area (Å²) in [5.41, 5.74) is 16.5. The number of nitrogens with two attached hydrogens (primary N) is 2. The number of hydrogen-bond acceptors (Lipinski definition) is 2. The summed E-state index contributed by atoms with van der Waals surface area (Å²) < 4.78 is 0. The second kappa shape index (κ2) is 2.32. The van der Waals surface area contributed by atoms with Crippen LogP contribution in [-0.4, -0.2) is 0 Å². The van der Waals surface area contributed by atoms with Crippen LogP contribution in [0.4, 0.5) is 0 Å². The molecule has 2 rings (SSSR count). The molecule has 0 heterocycles. The Hall–Kier alpha value is -0.860. The molecule has 2 heteroatoms. The molecule has 1 aliphatic carbocycles. The summed E-state index contributed by atoms with van der Waals surface area (Å²) in [6.45, 7) is 1.25. The van der Waals surface area contributed by atoms with Crippen LogP contribution in [0.5, 0.6) is 0 Å². The highest BCUT2D eigenvalue weighted by Gasteiger charge is 2.21. The van der Waals surface area contributed by atoms with Crippen LogP contribution in [0.15, 0.2) is 12.1 Å². The van der Waals surface area contributed by atoms with Crippen LogP contribution < -0.4 is 11.5 Å².